The maximum Gasteiger partial charge on any atom is 0.573 e. The van der Waals surface area contributed by atoms with Gasteiger partial charge in [0, 0.05) is 50.6 Å². The number of hydrogen-bond acceptors (Lipinski definition) is 7. The molecular weight excluding hydrogens is 491 g/mol. The standard InChI is InChI=1S/C24H24F3N7O3/c1-16(17-3-5-20(6-4-17)37-24(25,26)27)36-23(35)33-9-7-32(8-10-33)22-14-28-21-11-18(12-30-34(21)22)19-13-29-31(2)15-19/h3-6,11-16H,7-10H2,1-2H3/t16-/m1/s1. The molecule has 1 amide bonds. The summed E-state index contributed by atoms with van der Waals surface area (Å²) in [4.78, 5) is 20.9. The number of rotatable bonds is 5. The lowest BCUT2D eigenvalue weighted by atomic mass is 10.1. The van der Waals surface area contributed by atoms with Gasteiger partial charge in [-0.1, -0.05) is 12.1 Å². The number of aryl methyl sites for hydroxylation is 1. The Labute approximate surface area is 209 Å². The average molecular weight is 515 g/mol. The first-order valence-electron chi connectivity index (χ1n) is 11.6. The molecule has 0 radical (unpaired) electrons. The van der Waals surface area contributed by atoms with Gasteiger partial charge in [-0.05, 0) is 30.7 Å². The molecule has 3 aromatic heterocycles. The number of nitrogens with zero attached hydrogens (tertiary/aromatic N) is 7. The van der Waals surface area contributed by atoms with E-state index in [1.807, 2.05) is 19.3 Å². The van der Waals surface area contributed by atoms with Crippen molar-refractivity contribution < 1.29 is 27.4 Å². The van der Waals surface area contributed by atoms with Crippen molar-refractivity contribution in [1.29, 1.82) is 0 Å². The van der Waals surface area contributed by atoms with E-state index in [-0.39, 0.29) is 5.75 Å². The molecule has 13 heteroatoms. The van der Waals surface area contributed by atoms with Gasteiger partial charge in [0.15, 0.2) is 11.5 Å². The molecule has 194 valence electrons. The summed E-state index contributed by atoms with van der Waals surface area (Å²) in [5.74, 6) is 0.497. The second-order valence-electron chi connectivity index (χ2n) is 8.65. The summed E-state index contributed by atoms with van der Waals surface area (Å²) in [5.41, 5.74) is 3.14. The molecule has 0 unspecified atom stereocenters. The number of piperazine rings is 1. The normalized spacial score (nSPS) is 15.2. The quantitative estimate of drug-likeness (QED) is 0.396. The molecule has 1 fully saturated rings. The van der Waals surface area contributed by atoms with Crippen LogP contribution in [0, 0.1) is 0 Å². The van der Waals surface area contributed by atoms with Crippen LogP contribution in [0.3, 0.4) is 0 Å². The lowest BCUT2D eigenvalue weighted by molar-refractivity contribution is -0.274. The fourth-order valence-corrected chi connectivity index (χ4v) is 4.16. The molecule has 4 aromatic rings. The van der Waals surface area contributed by atoms with E-state index in [1.165, 1.54) is 24.3 Å². The van der Waals surface area contributed by atoms with Crippen LogP contribution in [0.2, 0.25) is 0 Å². The van der Waals surface area contributed by atoms with Gasteiger partial charge >= 0.3 is 12.5 Å². The molecule has 0 aliphatic carbocycles. The van der Waals surface area contributed by atoms with E-state index < -0.39 is 18.6 Å². The van der Waals surface area contributed by atoms with Crippen molar-refractivity contribution >= 4 is 17.6 Å². The summed E-state index contributed by atoms with van der Waals surface area (Å²) >= 11 is 0. The third kappa shape index (κ3) is 5.44. The molecule has 1 aromatic carbocycles. The number of carbonyl (C=O) groups is 1. The van der Waals surface area contributed by atoms with E-state index in [9.17, 15) is 18.0 Å². The fourth-order valence-electron chi connectivity index (χ4n) is 4.16. The molecule has 4 heterocycles. The minimum Gasteiger partial charge on any atom is -0.442 e. The molecule has 1 saturated heterocycles. The number of amides is 1. The average Bonchev–Trinajstić information content (AvgIpc) is 3.49. The minimum atomic E-state index is -4.76. The van der Waals surface area contributed by atoms with Gasteiger partial charge < -0.3 is 19.3 Å². The van der Waals surface area contributed by atoms with Crippen LogP contribution in [0.1, 0.15) is 18.6 Å². The SMILES string of the molecule is C[C@@H](OC(=O)N1CCN(c2cnc3cc(-c4cnn(C)c4)cnn23)CC1)c1ccc(OC(F)(F)F)cc1. The third-order valence-electron chi connectivity index (χ3n) is 6.10. The maximum atomic E-state index is 12.7. The van der Waals surface area contributed by atoms with Gasteiger partial charge in [-0.2, -0.15) is 14.7 Å². The maximum absolute atomic E-state index is 12.7. The first-order chi connectivity index (χ1) is 17.7. The Hall–Kier alpha value is -4.29. The summed E-state index contributed by atoms with van der Waals surface area (Å²) in [6.07, 6.45) is 1.33. The monoisotopic (exact) mass is 515 g/mol. The summed E-state index contributed by atoms with van der Waals surface area (Å²) in [7, 11) is 1.85. The fraction of sp³-hybridized carbons (Fsp3) is 0.333. The Morgan fingerprint density at radius 1 is 1.00 bits per heavy atom. The number of imidazole rings is 1. The van der Waals surface area contributed by atoms with E-state index in [0.29, 0.717) is 37.4 Å². The van der Waals surface area contributed by atoms with Gasteiger partial charge in [0.1, 0.15) is 11.9 Å². The van der Waals surface area contributed by atoms with Crippen molar-refractivity contribution in [2.45, 2.75) is 19.4 Å². The van der Waals surface area contributed by atoms with Gasteiger partial charge in [-0.15, -0.1) is 13.2 Å². The summed E-state index contributed by atoms with van der Waals surface area (Å²) in [6.45, 7) is 3.66. The Kier molecular flexibility index (Phi) is 6.36. The van der Waals surface area contributed by atoms with Gasteiger partial charge in [0.2, 0.25) is 0 Å². The van der Waals surface area contributed by atoms with Crippen LogP contribution in [0.15, 0.2) is 55.1 Å². The minimum absolute atomic E-state index is 0.332. The number of carbonyl (C=O) groups excluding carboxylic acids is 1. The van der Waals surface area contributed by atoms with Crippen LogP contribution >= 0.6 is 0 Å². The highest BCUT2D eigenvalue weighted by Crippen LogP contribution is 2.26. The van der Waals surface area contributed by atoms with Crippen molar-refractivity contribution in [3.63, 3.8) is 0 Å². The molecule has 1 aliphatic heterocycles. The van der Waals surface area contributed by atoms with Crippen molar-refractivity contribution in [1.82, 2.24) is 29.3 Å². The first kappa shape index (κ1) is 24.4. The molecule has 0 bridgehead atoms. The Balaban J connectivity index is 1.17. The Bertz CT molecular complexity index is 1390. The predicted molar refractivity (Wildman–Crippen MR) is 127 cm³/mol. The second-order valence-corrected chi connectivity index (χ2v) is 8.65. The van der Waals surface area contributed by atoms with E-state index in [1.54, 1.807) is 39.6 Å². The molecule has 0 spiro atoms. The van der Waals surface area contributed by atoms with E-state index >= 15 is 0 Å². The van der Waals surface area contributed by atoms with E-state index in [2.05, 4.69) is 24.8 Å². The van der Waals surface area contributed by atoms with Gasteiger partial charge in [0.25, 0.3) is 0 Å². The third-order valence-corrected chi connectivity index (χ3v) is 6.10. The molecule has 1 atom stereocenters. The topological polar surface area (TPSA) is 90.0 Å². The highest BCUT2D eigenvalue weighted by Gasteiger charge is 2.31. The number of fused-ring (bicyclic) bond motifs is 1. The number of alkyl halides is 3. The summed E-state index contributed by atoms with van der Waals surface area (Å²) in [5, 5.41) is 8.75. The van der Waals surface area contributed by atoms with Crippen LogP contribution in [-0.2, 0) is 11.8 Å². The smallest absolute Gasteiger partial charge is 0.442 e. The number of hydrogen-bond donors (Lipinski definition) is 0. The Morgan fingerprint density at radius 3 is 2.35 bits per heavy atom. The number of halogens is 3. The molecule has 0 saturated carbocycles. The number of aromatic nitrogens is 5. The summed E-state index contributed by atoms with van der Waals surface area (Å²) in [6, 6.07) is 7.21. The highest BCUT2D eigenvalue weighted by molar-refractivity contribution is 5.69. The Morgan fingerprint density at radius 2 is 1.70 bits per heavy atom. The highest BCUT2D eigenvalue weighted by atomic mass is 19.4. The molecule has 10 nitrogen and oxygen atoms in total. The summed E-state index contributed by atoms with van der Waals surface area (Å²) < 4.78 is 49.9. The lowest BCUT2D eigenvalue weighted by Crippen LogP contribution is -2.49. The van der Waals surface area contributed by atoms with Crippen molar-refractivity contribution in [2.24, 2.45) is 7.05 Å². The lowest BCUT2D eigenvalue weighted by Gasteiger charge is -2.35. The van der Waals surface area contributed by atoms with Gasteiger partial charge in [-0.25, -0.2) is 9.78 Å². The molecule has 1 aliphatic rings. The van der Waals surface area contributed by atoms with E-state index in [0.717, 1.165) is 16.9 Å². The zero-order chi connectivity index (χ0) is 26.2. The number of anilines is 1. The predicted octanol–water partition coefficient (Wildman–Crippen LogP) is 4.05. The van der Waals surface area contributed by atoms with Crippen LogP contribution < -0.4 is 9.64 Å². The van der Waals surface area contributed by atoms with Crippen molar-refractivity contribution in [2.75, 3.05) is 31.1 Å². The second kappa shape index (κ2) is 9.64. The number of benzene rings is 1. The van der Waals surface area contributed by atoms with Gasteiger partial charge in [-0.3, -0.25) is 4.68 Å². The zero-order valence-corrected chi connectivity index (χ0v) is 20.1. The largest absolute Gasteiger partial charge is 0.573 e. The molecule has 5 rings (SSSR count). The molecule has 37 heavy (non-hydrogen) atoms. The first-order valence-corrected chi connectivity index (χ1v) is 11.6. The van der Waals surface area contributed by atoms with Crippen LogP contribution in [-0.4, -0.2) is 67.9 Å². The zero-order valence-electron chi connectivity index (χ0n) is 20.1. The molecule has 0 N–H and O–H groups in total. The van der Waals surface area contributed by atoms with Crippen LogP contribution in [0.5, 0.6) is 5.75 Å². The van der Waals surface area contributed by atoms with Crippen LogP contribution in [0.4, 0.5) is 23.8 Å². The van der Waals surface area contributed by atoms with Gasteiger partial charge in [0.05, 0.1) is 18.6 Å². The molecular formula is C24H24F3N7O3. The van der Waals surface area contributed by atoms with Crippen molar-refractivity contribution in [3.05, 3.63) is 60.7 Å². The van der Waals surface area contributed by atoms with Crippen LogP contribution in [0.25, 0.3) is 16.8 Å². The van der Waals surface area contributed by atoms with E-state index in [4.69, 9.17) is 4.74 Å². The number of ether oxygens (including phenoxy) is 2. The van der Waals surface area contributed by atoms with Crippen molar-refractivity contribution in [3.8, 4) is 16.9 Å².